The number of allylic oxidation sites excluding steroid dienone is 4. The molecule has 1 atom stereocenters. The van der Waals surface area contributed by atoms with E-state index in [4.69, 9.17) is 16.3 Å². The summed E-state index contributed by atoms with van der Waals surface area (Å²) in [7, 11) is 0. The van der Waals surface area contributed by atoms with Crippen LogP contribution in [0.5, 0.6) is 0 Å². The van der Waals surface area contributed by atoms with E-state index < -0.39 is 11.8 Å². The third-order valence-electron chi connectivity index (χ3n) is 9.17. The molecule has 8 rings (SSSR count). The fourth-order valence-electron chi connectivity index (χ4n) is 7.25. The summed E-state index contributed by atoms with van der Waals surface area (Å²) in [6.07, 6.45) is 11.1. The Balaban J connectivity index is 1.07. The molecule has 224 valence electrons. The van der Waals surface area contributed by atoms with Crippen molar-refractivity contribution in [2.45, 2.75) is 56.7 Å². The first-order chi connectivity index (χ1) is 22.0. The Labute approximate surface area is 262 Å². The Morgan fingerprint density at radius 3 is 2.69 bits per heavy atom. The summed E-state index contributed by atoms with van der Waals surface area (Å²) in [6.45, 7) is 0. The monoisotopic (exact) mass is 619 g/mol. The molecule has 1 N–H and O–H groups in total. The van der Waals surface area contributed by atoms with Crippen molar-refractivity contribution >= 4 is 57.3 Å². The smallest absolute Gasteiger partial charge is 0.247 e. The van der Waals surface area contributed by atoms with E-state index in [1.165, 1.54) is 11.0 Å². The number of hydrogen-bond donors (Lipinski definition) is 1. The van der Waals surface area contributed by atoms with Crippen LogP contribution in [-0.4, -0.2) is 53.5 Å². The number of tetrazole rings is 1. The molecule has 12 heteroatoms. The van der Waals surface area contributed by atoms with Crippen LogP contribution in [0.2, 0.25) is 5.02 Å². The molecule has 45 heavy (non-hydrogen) atoms. The van der Waals surface area contributed by atoms with E-state index in [1.54, 1.807) is 23.1 Å². The molecule has 0 bridgehead atoms. The maximum Gasteiger partial charge on any atom is 0.247 e. The summed E-state index contributed by atoms with van der Waals surface area (Å²) in [5.41, 5.74) is 5.00. The lowest BCUT2D eigenvalue weighted by Gasteiger charge is -2.34. The van der Waals surface area contributed by atoms with Crippen LogP contribution in [0.4, 0.5) is 5.69 Å². The number of nitrogens with one attached hydrogen (secondary N) is 1. The summed E-state index contributed by atoms with van der Waals surface area (Å²) >= 11 is 6.35. The van der Waals surface area contributed by atoms with Crippen molar-refractivity contribution in [3.8, 4) is 5.69 Å². The quantitative estimate of drug-likeness (QED) is 0.310. The van der Waals surface area contributed by atoms with Crippen molar-refractivity contribution < 1.29 is 19.1 Å². The zero-order valence-electron chi connectivity index (χ0n) is 24.0. The Morgan fingerprint density at radius 1 is 1.04 bits per heavy atom. The van der Waals surface area contributed by atoms with E-state index in [2.05, 4.69) is 25.4 Å². The van der Waals surface area contributed by atoms with Crippen LogP contribution >= 0.6 is 11.6 Å². The van der Waals surface area contributed by atoms with Gasteiger partial charge < -0.3 is 15.0 Å². The number of carbonyl (C=O) groups excluding carboxylic acids is 3. The number of aromatic nitrogens is 5. The zero-order chi connectivity index (χ0) is 30.7. The van der Waals surface area contributed by atoms with Crippen LogP contribution < -0.4 is 5.32 Å². The number of rotatable bonds is 4. The van der Waals surface area contributed by atoms with Crippen molar-refractivity contribution in [1.29, 1.82) is 0 Å². The highest BCUT2D eigenvalue weighted by molar-refractivity contribution is 6.30. The molecule has 4 aliphatic rings. The summed E-state index contributed by atoms with van der Waals surface area (Å²) < 4.78 is 9.84. The number of amides is 1. The van der Waals surface area contributed by atoms with Gasteiger partial charge in [-0.25, -0.2) is 9.59 Å². The SMILES string of the molecule is O=C=C1OC2(CCCCC2)n2c1cc1cc(NC(=O)[C@@H]3CCC4=CC(c5cc(Cl)ccc5-n5cnnn5)=CC(=C=O)N43)ccc12. The molecule has 11 nitrogen and oxygen atoms in total. The number of hydrogen-bond acceptors (Lipinski definition) is 8. The van der Waals surface area contributed by atoms with Crippen LogP contribution in [0.3, 0.4) is 0 Å². The van der Waals surface area contributed by atoms with Crippen LogP contribution in [0.15, 0.2) is 72.3 Å². The minimum absolute atomic E-state index is 0.230. The first-order valence-electron chi connectivity index (χ1n) is 14.9. The van der Waals surface area contributed by atoms with Crippen molar-refractivity contribution in [2.75, 3.05) is 5.32 Å². The molecule has 1 saturated heterocycles. The van der Waals surface area contributed by atoms with Gasteiger partial charge in [-0.3, -0.25) is 9.36 Å². The second-order valence-electron chi connectivity index (χ2n) is 11.7. The molecular weight excluding hydrogens is 594 g/mol. The number of halogens is 1. The summed E-state index contributed by atoms with van der Waals surface area (Å²) in [5, 5.41) is 15.9. The van der Waals surface area contributed by atoms with E-state index in [1.807, 2.05) is 48.3 Å². The second kappa shape index (κ2) is 10.5. The molecular formula is C33H26ClN7O4. The highest BCUT2D eigenvalue weighted by Crippen LogP contribution is 2.48. The Hall–Kier alpha value is -5.21. The van der Waals surface area contributed by atoms with Gasteiger partial charge in [0.1, 0.15) is 18.1 Å². The fourth-order valence-corrected chi connectivity index (χ4v) is 7.42. The Morgan fingerprint density at radius 2 is 1.91 bits per heavy atom. The van der Waals surface area contributed by atoms with Gasteiger partial charge in [-0.2, -0.15) is 4.68 Å². The van der Waals surface area contributed by atoms with Gasteiger partial charge in [0, 0.05) is 40.2 Å². The number of carbonyl (C=O) groups is 1. The fraction of sp³-hybridized carbons (Fsp3) is 0.273. The highest BCUT2D eigenvalue weighted by atomic mass is 35.5. The van der Waals surface area contributed by atoms with Gasteiger partial charge in [0.2, 0.25) is 11.7 Å². The topological polar surface area (TPSA) is 124 Å². The predicted molar refractivity (Wildman–Crippen MR) is 166 cm³/mol. The Bertz CT molecular complexity index is 2060. The summed E-state index contributed by atoms with van der Waals surface area (Å²) in [6, 6.07) is 12.4. The lowest BCUT2D eigenvalue weighted by Crippen LogP contribution is -2.39. The molecule has 1 aliphatic carbocycles. The van der Waals surface area contributed by atoms with E-state index in [-0.39, 0.29) is 17.4 Å². The first kappa shape index (κ1) is 27.3. The molecule has 0 radical (unpaired) electrons. The van der Waals surface area contributed by atoms with Gasteiger partial charge in [-0.05, 0) is 96.3 Å². The molecule has 4 aromatic rings. The standard InChI is InChI=1S/C33H26ClN7O4/c34-22-4-7-28(39-19-35-37-38-39)26(16-22)20-13-24-6-9-29(40(24)25(14-20)17-42)32(44)36-23-5-8-27-21(12-23)15-30-31(18-43)45-33(41(27)30)10-2-1-3-11-33/h4-5,7-8,12-16,19,29H,1-3,6,9-11H2,(H,36,44)/t29-/m0/s1. The third-order valence-corrected chi connectivity index (χ3v) is 9.41. The molecule has 2 aromatic heterocycles. The zero-order valence-corrected chi connectivity index (χ0v) is 24.8. The van der Waals surface area contributed by atoms with E-state index in [0.29, 0.717) is 29.2 Å². The lowest BCUT2D eigenvalue weighted by atomic mass is 9.91. The van der Waals surface area contributed by atoms with Gasteiger partial charge >= 0.3 is 0 Å². The number of benzene rings is 2. The average molecular weight is 620 g/mol. The molecule has 2 fully saturated rings. The molecule has 1 spiro atoms. The van der Waals surface area contributed by atoms with Crippen LogP contribution in [0.25, 0.3) is 27.9 Å². The number of anilines is 1. The van der Waals surface area contributed by atoms with Crippen molar-refractivity contribution in [3.63, 3.8) is 0 Å². The van der Waals surface area contributed by atoms with Gasteiger partial charge in [0.15, 0.2) is 17.6 Å². The van der Waals surface area contributed by atoms with Crippen molar-refractivity contribution in [2.24, 2.45) is 0 Å². The maximum absolute atomic E-state index is 13.7. The molecule has 2 aromatic carbocycles. The van der Waals surface area contributed by atoms with Gasteiger partial charge in [-0.1, -0.05) is 18.0 Å². The van der Waals surface area contributed by atoms with Crippen molar-refractivity contribution in [3.05, 3.63) is 88.6 Å². The van der Waals surface area contributed by atoms with Crippen LogP contribution in [-0.2, 0) is 24.8 Å². The first-order valence-corrected chi connectivity index (χ1v) is 15.3. The van der Waals surface area contributed by atoms with E-state index in [0.717, 1.165) is 65.5 Å². The molecule has 1 amide bonds. The molecule has 0 unspecified atom stereocenters. The third kappa shape index (κ3) is 4.36. The van der Waals surface area contributed by atoms with Crippen molar-refractivity contribution in [1.82, 2.24) is 29.7 Å². The number of ether oxygens (including phenoxy) is 1. The van der Waals surface area contributed by atoms with E-state index >= 15 is 0 Å². The number of nitrogens with zero attached hydrogens (tertiary/aromatic N) is 6. The van der Waals surface area contributed by atoms with Crippen LogP contribution in [0.1, 0.15) is 56.2 Å². The van der Waals surface area contributed by atoms with Gasteiger partial charge in [0.25, 0.3) is 0 Å². The maximum atomic E-state index is 13.7. The molecule has 3 aliphatic heterocycles. The summed E-state index contributed by atoms with van der Waals surface area (Å²) in [4.78, 5) is 39.5. The van der Waals surface area contributed by atoms with Gasteiger partial charge in [0.05, 0.1) is 16.9 Å². The second-order valence-corrected chi connectivity index (χ2v) is 12.2. The minimum Gasteiger partial charge on any atom is -0.455 e. The predicted octanol–water partition coefficient (Wildman–Crippen LogP) is 5.19. The molecule has 1 saturated carbocycles. The number of fused-ring (bicyclic) bond motifs is 5. The highest BCUT2D eigenvalue weighted by Gasteiger charge is 2.45. The average Bonchev–Trinajstić information content (AvgIpc) is 3.85. The summed E-state index contributed by atoms with van der Waals surface area (Å²) in [5.74, 6) is 4.03. The van der Waals surface area contributed by atoms with E-state index in [9.17, 15) is 14.4 Å². The normalized spacial score (nSPS) is 19.8. The molecule has 5 heterocycles. The largest absolute Gasteiger partial charge is 0.455 e. The van der Waals surface area contributed by atoms with Crippen LogP contribution in [0, 0.1) is 0 Å². The Kier molecular flexibility index (Phi) is 6.35. The lowest BCUT2D eigenvalue weighted by molar-refractivity contribution is -0.119. The van der Waals surface area contributed by atoms with Gasteiger partial charge in [-0.15, -0.1) is 5.10 Å². The minimum atomic E-state index is -0.595.